The van der Waals surface area contributed by atoms with Gasteiger partial charge in [-0.05, 0) is 13.3 Å². The van der Waals surface area contributed by atoms with Crippen molar-refractivity contribution in [1.82, 2.24) is 9.03 Å². The predicted molar refractivity (Wildman–Crippen MR) is 62.2 cm³/mol. The molecule has 0 saturated carbocycles. The zero-order valence-electron chi connectivity index (χ0n) is 10.1. The van der Waals surface area contributed by atoms with E-state index in [-0.39, 0.29) is 6.54 Å². The first-order valence-electron chi connectivity index (χ1n) is 5.29. The standard InChI is InChI=1S/C9H22N2O4S/c1-4-5-6-11(3)16(14,15)10-7-9(2,13)8-12/h10,12-13H,4-8H2,1-3H3. The normalized spacial score (nSPS) is 16.4. The first-order chi connectivity index (χ1) is 7.25. The summed E-state index contributed by atoms with van der Waals surface area (Å²) in [5.41, 5.74) is -1.43. The monoisotopic (exact) mass is 254 g/mol. The van der Waals surface area contributed by atoms with Crippen molar-refractivity contribution in [3.8, 4) is 0 Å². The Hall–Kier alpha value is -0.210. The molecule has 6 nitrogen and oxygen atoms in total. The molecule has 0 aliphatic heterocycles. The minimum atomic E-state index is -3.56. The van der Waals surface area contributed by atoms with Crippen LogP contribution < -0.4 is 4.72 Å². The summed E-state index contributed by atoms with van der Waals surface area (Å²) in [5, 5.41) is 18.2. The van der Waals surface area contributed by atoms with Crippen molar-refractivity contribution in [2.75, 3.05) is 26.7 Å². The average Bonchev–Trinajstić information content (AvgIpc) is 2.23. The van der Waals surface area contributed by atoms with Crippen LogP contribution in [0.2, 0.25) is 0 Å². The Morgan fingerprint density at radius 1 is 1.44 bits per heavy atom. The molecule has 0 heterocycles. The lowest BCUT2D eigenvalue weighted by Crippen LogP contribution is -2.47. The first-order valence-corrected chi connectivity index (χ1v) is 6.73. The van der Waals surface area contributed by atoms with Crippen LogP contribution >= 0.6 is 0 Å². The molecule has 0 fully saturated rings. The van der Waals surface area contributed by atoms with Crippen molar-refractivity contribution < 1.29 is 18.6 Å². The molecular formula is C9H22N2O4S. The van der Waals surface area contributed by atoms with Gasteiger partial charge in [0.25, 0.3) is 10.2 Å². The van der Waals surface area contributed by atoms with E-state index >= 15 is 0 Å². The fraction of sp³-hybridized carbons (Fsp3) is 1.00. The number of nitrogens with zero attached hydrogens (tertiary/aromatic N) is 1. The van der Waals surface area contributed by atoms with Crippen LogP contribution in [0.4, 0.5) is 0 Å². The molecule has 0 aromatic carbocycles. The van der Waals surface area contributed by atoms with Crippen molar-refractivity contribution in [3.63, 3.8) is 0 Å². The van der Waals surface area contributed by atoms with Crippen LogP contribution in [0.5, 0.6) is 0 Å². The molecule has 0 radical (unpaired) electrons. The lowest BCUT2D eigenvalue weighted by atomic mass is 10.1. The van der Waals surface area contributed by atoms with E-state index in [0.717, 1.165) is 12.8 Å². The molecule has 16 heavy (non-hydrogen) atoms. The molecule has 3 N–H and O–H groups in total. The maximum atomic E-state index is 11.6. The van der Waals surface area contributed by atoms with E-state index in [4.69, 9.17) is 5.11 Å². The second-order valence-electron chi connectivity index (χ2n) is 4.16. The van der Waals surface area contributed by atoms with Crippen molar-refractivity contribution >= 4 is 10.2 Å². The van der Waals surface area contributed by atoms with Crippen LogP contribution in [-0.4, -0.2) is 55.3 Å². The van der Waals surface area contributed by atoms with Crippen LogP contribution in [-0.2, 0) is 10.2 Å². The van der Waals surface area contributed by atoms with E-state index in [0.29, 0.717) is 6.54 Å². The lowest BCUT2D eigenvalue weighted by molar-refractivity contribution is 0.00657. The van der Waals surface area contributed by atoms with Crippen LogP contribution in [0, 0.1) is 0 Å². The lowest BCUT2D eigenvalue weighted by Gasteiger charge is -2.23. The molecule has 0 spiro atoms. The maximum Gasteiger partial charge on any atom is 0.279 e. The maximum absolute atomic E-state index is 11.6. The minimum absolute atomic E-state index is 0.206. The highest BCUT2D eigenvalue weighted by Crippen LogP contribution is 2.02. The molecule has 1 unspecified atom stereocenters. The second-order valence-corrected chi connectivity index (χ2v) is 6.02. The molecule has 1 atom stereocenters. The Kier molecular flexibility index (Phi) is 6.42. The highest BCUT2D eigenvalue weighted by molar-refractivity contribution is 7.87. The van der Waals surface area contributed by atoms with Gasteiger partial charge >= 0.3 is 0 Å². The smallest absolute Gasteiger partial charge is 0.279 e. The number of rotatable bonds is 8. The van der Waals surface area contributed by atoms with Gasteiger partial charge in [0, 0.05) is 20.1 Å². The summed E-state index contributed by atoms with van der Waals surface area (Å²) in [6.45, 7) is 3.08. The topological polar surface area (TPSA) is 89.9 Å². The number of nitrogens with one attached hydrogen (secondary N) is 1. The molecule has 0 bridgehead atoms. The molecular weight excluding hydrogens is 232 g/mol. The molecule has 0 aliphatic carbocycles. The zero-order chi connectivity index (χ0) is 12.8. The Morgan fingerprint density at radius 3 is 2.44 bits per heavy atom. The van der Waals surface area contributed by atoms with Crippen molar-refractivity contribution in [1.29, 1.82) is 0 Å². The van der Waals surface area contributed by atoms with Gasteiger partial charge in [-0.1, -0.05) is 13.3 Å². The van der Waals surface area contributed by atoms with Crippen molar-refractivity contribution in [2.45, 2.75) is 32.3 Å². The number of aliphatic hydroxyl groups is 2. The fourth-order valence-corrected chi connectivity index (χ4v) is 2.00. The average molecular weight is 254 g/mol. The highest BCUT2D eigenvalue weighted by atomic mass is 32.2. The number of aliphatic hydroxyl groups excluding tert-OH is 1. The van der Waals surface area contributed by atoms with Crippen molar-refractivity contribution in [2.24, 2.45) is 0 Å². The third-order valence-electron chi connectivity index (χ3n) is 2.21. The summed E-state index contributed by atoms with van der Waals surface area (Å²) in [7, 11) is -2.09. The molecule has 0 aromatic rings. The van der Waals surface area contributed by atoms with E-state index in [1.165, 1.54) is 18.3 Å². The third-order valence-corrected chi connectivity index (χ3v) is 3.73. The Morgan fingerprint density at radius 2 is 2.00 bits per heavy atom. The Bertz CT molecular complexity index is 290. The zero-order valence-corrected chi connectivity index (χ0v) is 10.9. The molecule has 0 aromatic heterocycles. The third kappa shape index (κ3) is 5.76. The summed E-state index contributed by atoms with van der Waals surface area (Å²) >= 11 is 0. The van der Waals surface area contributed by atoms with E-state index in [9.17, 15) is 13.5 Å². The summed E-state index contributed by atoms with van der Waals surface area (Å²) in [6.07, 6.45) is 1.70. The predicted octanol–water partition coefficient (Wildman–Crippen LogP) is -0.704. The number of unbranched alkanes of at least 4 members (excludes halogenated alkanes) is 1. The van der Waals surface area contributed by atoms with Crippen molar-refractivity contribution in [3.05, 3.63) is 0 Å². The molecule has 0 saturated heterocycles. The molecule has 98 valence electrons. The summed E-state index contributed by atoms with van der Waals surface area (Å²) < 4.78 is 26.7. The van der Waals surface area contributed by atoms with E-state index < -0.39 is 22.4 Å². The van der Waals surface area contributed by atoms with Gasteiger partial charge in [0.1, 0.15) is 0 Å². The van der Waals surface area contributed by atoms with Gasteiger partial charge in [-0.15, -0.1) is 0 Å². The van der Waals surface area contributed by atoms with Gasteiger partial charge in [0.2, 0.25) is 0 Å². The minimum Gasteiger partial charge on any atom is -0.393 e. The molecule has 0 aliphatic rings. The molecule has 0 amide bonds. The summed E-state index contributed by atoms with van der Waals surface area (Å²) in [4.78, 5) is 0. The van der Waals surface area contributed by atoms with Gasteiger partial charge in [0.05, 0.1) is 12.2 Å². The van der Waals surface area contributed by atoms with E-state index in [2.05, 4.69) is 4.72 Å². The van der Waals surface area contributed by atoms with E-state index in [1.54, 1.807) is 0 Å². The molecule has 0 rings (SSSR count). The SMILES string of the molecule is CCCCN(C)S(=O)(=O)NCC(C)(O)CO. The summed E-state index contributed by atoms with van der Waals surface area (Å²) in [6, 6.07) is 0. The second kappa shape index (κ2) is 6.51. The quantitative estimate of drug-likeness (QED) is 0.534. The number of hydrogen-bond acceptors (Lipinski definition) is 4. The number of hydrogen-bond donors (Lipinski definition) is 3. The summed E-state index contributed by atoms with van der Waals surface area (Å²) in [5.74, 6) is 0. The van der Waals surface area contributed by atoms with Gasteiger partial charge < -0.3 is 10.2 Å². The van der Waals surface area contributed by atoms with E-state index in [1.807, 2.05) is 6.92 Å². The van der Waals surface area contributed by atoms with Crippen LogP contribution in [0.3, 0.4) is 0 Å². The van der Waals surface area contributed by atoms with Gasteiger partial charge in [-0.3, -0.25) is 0 Å². The van der Waals surface area contributed by atoms with Crippen LogP contribution in [0.1, 0.15) is 26.7 Å². The fourth-order valence-electron chi connectivity index (χ4n) is 0.914. The highest BCUT2D eigenvalue weighted by Gasteiger charge is 2.24. The first kappa shape index (κ1) is 15.8. The van der Waals surface area contributed by atoms with Gasteiger partial charge in [-0.2, -0.15) is 17.4 Å². The Balaban J connectivity index is 4.24. The van der Waals surface area contributed by atoms with Gasteiger partial charge in [-0.25, -0.2) is 0 Å². The molecule has 7 heteroatoms. The van der Waals surface area contributed by atoms with Gasteiger partial charge in [0.15, 0.2) is 0 Å². The Labute approximate surface area is 97.5 Å². The van der Waals surface area contributed by atoms with Crippen LogP contribution in [0.25, 0.3) is 0 Å². The van der Waals surface area contributed by atoms with Crippen LogP contribution in [0.15, 0.2) is 0 Å². The largest absolute Gasteiger partial charge is 0.393 e.